The van der Waals surface area contributed by atoms with Crippen molar-refractivity contribution < 1.29 is 24.2 Å². The highest BCUT2D eigenvalue weighted by Gasteiger charge is 2.52. The second kappa shape index (κ2) is 7.40. The number of allylic oxidation sites excluding steroid dienone is 1. The molecule has 1 N–H and O–H groups in total. The lowest BCUT2D eigenvalue weighted by Crippen LogP contribution is -2.52. The molecule has 0 bridgehead atoms. The summed E-state index contributed by atoms with van der Waals surface area (Å²) in [4.78, 5) is 25.6. The largest absolute Gasteiger partial charge is 0.488 e. The van der Waals surface area contributed by atoms with Crippen molar-refractivity contribution in [2.24, 2.45) is 0 Å². The highest BCUT2D eigenvalue weighted by molar-refractivity contribution is 5.85. The van der Waals surface area contributed by atoms with Gasteiger partial charge in [-0.3, -0.25) is 4.90 Å². The Morgan fingerprint density at radius 2 is 2.04 bits per heavy atom. The summed E-state index contributed by atoms with van der Waals surface area (Å²) in [6.07, 6.45) is 1.53. The number of carbonyl (C=O) groups is 2. The zero-order valence-electron chi connectivity index (χ0n) is 15.8. The number of para-hydroxylation sites is 1. The summed E-state index contributed by atoms with van der Waals surface area (Å²) in [7, 11) is 0. The van der Waals surface area contributed by atoms with Crippen LogP contribution < -0.4 is 4.74 Å². The van der Waals surface area contributed by atoms with Crippen LogP contribution in [0.2, 0.25) is 0 Å². The topological polar surface area (TPSA) is 76.1 Å². The molecule has 6 heteroatoms. The van der Waals surface area contributed by atoms with Crippen molar-refractivity contribution >= 4 is 12.1 Å². The molecule has 26 heavy (non-hydrogen) atoms. The van der Waals surface area contributed by atoms with Crippen molar-refractivity contribution in [1.29, 1.82) is 0 Å². The first-order valence-electron chi connectivity index (χ1n) is 8.66. The Morgan fingerprint density at radius 1 is 1.38 bits per heavy atom. The minimum atomic E-state index is -1.37. The Bertz CT molecular complexity index is 694. The molecule has 1 heterocycles. The maximum atomic E-state index is 12.5. The Kier molecular flexibility index (Phi) is 5.64. The monoisotopic (exact) mass is 361 g/mol. The molecule has 0 unspecified atom stereocenters. The van der Waals surface area contributed by atoms with Gasteiger partial charge in [0.15, 0.2) is 0 Å². The second-order valence-corrected chi connectivity index (χ2v) is 7.71. The Labute approximate surface area is 154 Å². The number of hydrogen-bond donors (Lipinski definition) is 1. The van der Waals surface area contributed by atoms with Gasteiger partial charge in [0.05, 0.1) is 6.54 Å². The Hall–Kier alpha value is -2.50. The standard InChI is InChI=1S/C20H27NO5/c1-6-9-14-10-7-8-11-16(14)25-15-12-20(5,17(22)23)21(13-15)18(24)26-19(2,3)4/h6-8,10-11,15H,1,9,12-13H2,2-5H3,(H,22,23)/t15-,20+/m1/s1. The lowest BCUT2D eigenvalue weighted by Gasteiger charge is -2.32. The summed E-state index contributed by atoms with van der Waals surface area (Å²) in [5.74, 6) is -0.398. The average molecular weight is 361 g/mol. The van der Waals surface area contributed by atoms with Gasteiger partial charge >= 0.3 is 12.1 Å². The molecular formula is C20H27NO5. The third kappa shape index (κ3) is 4.36. The van der Waals surface area contributed by atoms with Crippen LogP contribution in [-0.2, 0) is 16.0 Å². The van der Waals surface area contributed by atoms with Crippen molar-refractivity contribution in [3.8, 4) is 5.75 Å². The number of nitrogens with zero attached hydrogens (tertiary/aromatic N) is 1. The molecule has 1 aliphatic rings. The SMILES string of the molecule is C=CCc1ccccc1O[C@H]1CN(C(=O)OC(C)(C)C)[C@](C)(C(=O)O)C1. The van der Waals surface area contributed by atoms with Crippen LogP contribution in [0, 0.1) is 0 Å². The normalized spacial score (nSPS) is 22.8. The number of ether oxygens (including phenoxy) is 2. The van der Waals surface area contributed by atoms with E-state index in [0.717, 1.165) is 5.56 Å². The van der Waals surface area contributed by atoms with Crippen LogP contribution in [0.25, 0.3) is 0 Å². The first kappa shape index (κ1) is 19.8. The molecule has 1 aliphatic heterocycles. The molecule has 1 saturated heterocycles. The van der Waals surface area contributed by atoms with E-state index in [2.05, 4.69) is 6.58 Å². The van der Waals surface area contributed by atoms with Crippen LogP contribution in [0.1, 0.15) is 39.7 Å². The first-order valence-corrected chi connectivity index (χ1v) is 8.66. The Balaban J connectivity index is 2.22. The van der Waals surface area contributed by atoms with Crippen molar-refractivity contribution in [3.63, 3.8) is 0 Å². The van der Waals surface area contributed by atoms with Gasteiger partial charge in [-0.25, -0.2) is 9.59 Å². The predicted molar refractivity (Wildman–Crippen MR) is 98.4 cm³/mol. The minimum absolute atomic E-state index is 0.153. The summed E-state index contributed by atoms with van der Waals surface area (Å²) in [6, 6.07) is 7.55. The quantitative estimate of drug-likeness (QED) is 0.810. The molecule has 6 nitrogen and oxygen atoms in total. The van der Waals surface area contributed by atoms with Gasteiger partial charge in [-0.15, -0.1) is 6.58 Å². The number of amides is 1. The van der Waals surface area contributed by atoms with Gasteiger partial charge in [0, 0.05) is 6.42 Å². The molecule has 0 radical (unpaired) electrons. The Morgan fingerprint density at radius 3 is 2.62 bits per heavy atom. The summed E-state index contributed by atoms with van der Waals surface area (Å²) < 4.78 is 11.4. The number of aliphatic carboxylic acids is 1. The van der Waals surface area contributed by atoms with Gasteiger partial charge in [0.25, 0.3) is 0 Å². The van der Waals surface area contributed by atoms with Gasteiger partial charge in [0.1, 0.15) is 23.0 Å². The molecular weight excluding hydrogens is 334 g/mol. The summed E-state index contributed by atoms with van der Waals surface area (Å²) in [5, 5.41) is 9.69. The van der Waals surface area contributed by atoms with E-state index in [1.807, 2.05) is 24.3 Å². The molecule has 1 fully saturated rings. The van der Waals surface area contributed by atoms with E-state index in [1.54, 1.807) is 26.8 Å². The number of rotatable bonds is 5. The number of hydrogen-bond acceptors (Lipinski definition) is 4. The van der Waals surface area contributed by atoms with Crippen LogP contribution in [0.5, 0.6) is 5.75 Å². The van der Waals surface area contributed by atoms with E-state index >= 15 is 0 Å². The zero-order valence-corrected chi connectivity index (χ0v) is 15.8. The molecule has 1 amide bonds. The molecule has 2 atom stereocenters. The fraction of sp³-hybridized carbons (Fsp3) is 0.500. The van der Waals surface area contributed by atoms with Gasteiger partial charge in [-0.1, -0.05) is 24.3 Å². The van der Waals surface area contributed by atoms with Gasteiger partial charge in [-0.2, -0.15) is 0 Å². The minimum Gasteiger partial charge on any atom is -0.488 e. The van der Waals surface area contributed by atoms with Crippen molar-refractivity contribution in [3.05, 3.63) is 42.5 Å². The van der Waals surface area contributed by atoms with E-state index < -0.39 is 29.3 Å². The van der Waals surface area contributed by atoms with Crippen LogP contribution in [0.3, 0.4) is 0 Å². The zero-order chi connectivity index (χ0) is 19.5. The van der Waals surface area contributed by atoms with Crippen molar-refractivity contribution in [2.75, 3.05) is 6.54 Å². The van der Waals surface area contributed by atoms with E-state index in [-0.39, 0.29) is 13.0 Å². The summed E-state index contributed by atoms with van der Waals surface area (Å²) in [5.41, 5.74) is -1.11. The van der Waals surface area contributed by atoms with Crippen LogP contribution in [0.4, 0.5) is 4.79 Å². The summed E-state index contributed by atoms with van der Waals surface area (Å²) in [6.45, 7) is 10.7. The molecule has 2 rings (SSSR count). The lowest BCUT2D eigenvalue weighted by atomic mass is 9.98. The number of carboxylic acids is 1. The smallest absolute Gasteiger partial charge is 0.411 e. The number of likely N-dealkylation sites (tertiary alicyclic amines) is 1. The van der Waals surface area contributed by atoms with Crippen molar-refractivity contribution in [1.82, 2.24) is 4.90 Å². The highest BCUT2D eigenvalue weighted by atomic mass is 16.6. The van der Waals surface area contributed by atoms with Crippen LogP contribution >= 0.6 is 0 Å². The van der Waals surface area contributed by atoms with Gasteiger partial charge in [-0.05, 0) is 45.7 Å². The third-order valence-electron chi connectivity index (χ3n) is 4.31. The molecule has 0 aromatic heterocycles. The number of benzene rings is 1. The fourth-order valence-corrected chi connectivity index (χ4v) is 3.02. The number of carbonyl (C=O) groups excluding carboxylic acids is 1. The van der Waals surface area contributed by atoms with E-state index in [1.165, 1.54) is 11.8 Å². The van der Waals surface area contributed by atoms with E-state index in [4.69, 9.17) is 9.47 Å². The maximum Gasteiger partial charge on any atom is 0.411 e. The van der Waals surface area contributed by atoms with E-state index in [0.29, 0.717) is 12.2 Å². The number of carboxylic acid groups (broad SMARTS) is 1. The predicted octanol–water partition coefficient (Wildman–Crippen LogP) is 3.65. The first-order chi connectivity index (χ1) is 12.1. The molecule has 0 aliphatic carbocycles. The maximum absolute atomic E-state index is 12.5. The second-order valence-electron chi connectivity index (χ2n) is 7.71. The van der Waals surface area contributed by atoms with E-state index in [9.17, 15) is 14.7 Å². The lowest BCUT2D eigenvalue weighted by molar-refractivity contribution is -0.148. The third-order valence-corrected chi connectivity index (χ3v) is 4.31. The van der Waals surface area contributed by atoms with Crippen LogP contribution in [-0.4, -0.2) is 45.9 Å². The molecule has 0 saturated carbocycles. The molecule has 142 valence electrons. The summed E-state index contributed by atoms with van der Waals surface area (Å²) >= 11 is 0. The molecule has 1 aromatic rings. The highest BCUT2D eigenvalue weighted by Crippen LogP contribution is 2.34. The fourth-order valence-electron chi connectivity index (χ4n) is 3.02. The molecule has 0 spiro atoms. The van der Waals surface area contributed by atoms with Gasteiger partial charge in [0.2, 0.25) is 0 Å². The van der Waals surface area contributed by atoms with Crippen LogP contribution in [0.15, 0.2) is 36.9 Å². The average Bonchev–Trinajstić information content (AvgIpc) is 2.86. The van der Waals surface area contributed by atoms with Gasteiger partial charge < -0.3 is 14.6 Å². The molecule has 1 aromatic carbocycles. The van der Waals surface area contributed by atoms with Crippen molar-refractivity contribution in [2.45, 2.75) is 57.8 Å².